The number of fused-ring (bicyclic) bond motifs is 1. The molecule has 30 heavy (non-hydrogen) atoms. The van der Waals surface area contributed by atoms with E-state index in [2.05, 4.69) is 10.3 Å². The van der Waals surface area contributed by atoms with Gasteiger partial charge in [-0.2, -0.15) is 13.2 Å². The molecule has 1 N–H and O–H groups in total. The Labute approximate surface area is 169 Å². The molecule has 10 heteroatoms. The first kappa shape index (κ1) is 20.1. The molecule has 0 saturated carbocycles. The fourth-order valence-corrected chi connectivity index (χ4v) is 3.46. The summed E-state index contributed by atoms with van der Waals surface area (Å²) in [6.07, 6.45) is -2.81. The predicted octanol–water partition coefficient (Wildman–Crippen LogP) is 4.02. The van der Waals surface area contributed by atoms with Crippen LogP contribution in [-0.4, -0.2) is 29.1 Å². The van der Waals surface area contributed by atoms with E-state index in [0.29, 0.717) is 12.0 Å². The maximum atomic E-state index is 13.4. The number of pyridine rings is 1. The number of halogens is 3. The van der Waals surface area contributed by atoms with Crippen molar-refractivity contribution < 1.29 is 32.2 Å². The highest BCUT2D eigenvalue weighted by molar-refractivity contribution is 6.21. The highest BCUT2D eigenvalue weighted by Gasteiger charge is 2.57. The predicted molar refractivity (Wildman–Crippen MR) is 99.0 cm³/mol. The minimum atomic E-state index is -4.57. The third-order valence-corrected chi connectivity index (χ3v) is 5.28. The van der Waals surface area contributed by atoms with Crippen LogP contribution < -0.4 is 15.0 Å². The summed E-state index contributed by atoms with van der Waals surface area (Å²) >= 11 is 0. The molecule has 3 heterocycles. The highest BCUT2D eigenvalue weighted by Crippen LogP contribution is 2.48. The number of benzene rings is 1. The largest absolute Gasteiger partial charge is 0.439 e. The molecule has 0 spiro atoms. The lowest BCUT2D eigenvalue weighted by atomic mass is 9.93. The van der Waals surface area contributed by atoms with Crippen LogP contribution in [-0.2, 0) is 21.7 Å². The van der Waals surface area contributed by atoms with E-state index in [1.807, 2.05) is 0 Å². The van der Waals surface area contributed by atoms with Gasteiger partial charge >= 0.3 is 12.2 Å². The van der Waals surface area contributed by atoms with Crippen molar-refractivity contribution in [1.29, 1.82) is 0 Å². The molecule has 1 aromatic carbocycles. The summed E-state index contributed by atoms with van der Waals surface area (Å²) in [5.41, 5.74) is -1.70. The zero-order valence-electron chi connectivity index (χ0n) is 16.1. The van der Waals surface area contributed by atoms with Crippen LogP contribution in [0.2, 0.25) is 0 Å². The molecule has 1 saturated heterocycles. The monoisotopic (exact) mass is 421 g/mol. The summed E-state index contributed by atoms with van der Waals surface area (Å²) in [6, 6.07) is 6.14. The summed E-state index contributed by atoms with van der Waals surface area (Å²) in [7, 11) is 0. The van der Waals surface area contributed by atoms with Gasteiger partial charge in [0.25, 0.3) is 5.91 Å². The topological polar surface area (TPSA) is 80.8 Å². The van der Waals surface area contributed by atoms with Crippen LogP contribution in [0.1, 0.15) is 31.4 Å². The summed E-state index contributed by atoms with van der Waals surface area (Å²) < 4.78 is 50.9. The van der Waals surface area contributed by atoms with Crippen molar-refractivity contribution in [3.63, 3.8) is 0 Å². The average molecular weight is 421 g/mol. The maximum Gasteiger partial charge on any atom is 0.421 e. The molecule has 0 aliphatic carbocycles. The molecule has 0 radical (unpaired) electrons. The van der Waals surface area contributed by atoms with Gasteiger partial charge in [0.15, 0.2) is 5.60 Å². The van der Waals surface area contributed by atoms with Crippen molar-refractivity contribution in [2.75, 3.05) is 4.90 Å². The lowest BCUT2D eigenvalue weighted by molar-refractivity contribution is -0.272. The number of urea groups is 1. The van der Waals surface area contributed by atoms with E-state index >= 15 is 0 Å². The highest BCUT2D eigenvalue weighted by atomic mass is 19.4. The number of nitrogens with one attached hydrogen (secondary N) is 1. The standard InChI is InChI=1S/C20H18F3N3O4/c1-3-15-17(27)26(18(28)25-15)12-5-7-16(24-9-12)30-13-6-4-11-10-29-19(2,14(11)8-13)20(21,22)23/h4-9,15H,3,10H2,1-2H3,(H,25,28)/t15-,19-/m1/s1. The third-order valence-electron chi connectivity index (χ3n) is 5.28. The van der Waals surface area contributed by atoms with Crippen molar-refractivity contribution in [3.8, 4) is 11.6 Å². The Morgan fingerprint density at radius 2 is 2.07 bits per heavy atom. The van der Waals surface area contributed by atoms with Crippen molar-refractivity contribution in [2.24, 2.45) is 0 Å². The zero-order valence-corrected chi connectivity index (χ0v) is 16.1. The number of amides is 3. The number of aromatic nitrogens is 1. The summed E-state index contributed by atoms with van der Waals surface area (Å²) in [5.74, 6) is -0.107. The number of hydrogen-bond acceptors (Lipinski definition) is 5. The fraction of sp³-hybridized carbons (Fsp3) is 0.350. The van der Waals surface area contributed by atoms with Gasteiger partial charge < -0.3 is 14.8 Å². The van der Waals surface area contributed by atoms with Crippen LogP contribution in [0.15, 0.2) is 36.5 Å². The van der Waals surface area contributed by atoms with E-state index in [0.717, 1.165) is 11.8 Å². The zero-order chi connectivity index (χ0) is 21.7. The van der Waals surface area contributed by atoms with Gasteiger partial charge in [-0.05, 0) is 37.1 Å². The Kier molecular flexibility index (Phi) is 4.69. The second-order valence-corrected chi connectivity index (χ2v) is 7.18. The molecule has 0 bridgehead atoms. The molecular weight excluding hydrogens is 403 g/mol. The SMILES string of the molecule is CC[C@H]1NC(=O)N(c2ccc(Oc3ccc4c(c3)[C@](C)(C(F)(F)F)OC4)nc2)C1=O. The Morgan fingerprint density at radius 1 is 1.30 bits per heavy atom. The van der Waals surface area contributed by atoms with Gasteiger partial charge in [0.2, 0.25) is 5.88 Å². The van der Waals surface area contributed by atoms with Crippen molar-refractivity contribution in [3.05, 3.63) is 47.7 Å². The van der Waals surface area contributed by atoms with Gasteiger partial charge in [0.1, 0.15) is 11.8 Å². The molecular formula is C20H18F3N3O4. The third kappa shape index (κ3) is 3.17. The quantitative estimate of drug-likeness (QED) is 0.755. The van der Waals surface area contributed by atoms with Crippen LogP contribution in [0.3, 0.4) is 0 Å². The normalized spacial score (nSPS) is 23.5. The molecule has 2 atom stereocenters. The number of rotatable bonds is 4. The fourth-order valence-electron chi connectivity index (χ4n) is 3.46. The van der Waals surface area contributed by atoms with Crippen LogP contribution in [0.5, 0.6) is 11.6 Å². The van der Waals surface area contributed by atoms with Gasteiger partial charge in [0, 0.05) is 11.6 Å². The van der Waals surface area contributed by atoms with E-state index in [1.165, 1.54) is 36.5 Å². The van der Waals surface area contributed by atoms with E-state index in [4.69, 9.17) is 9.47 Å². The molecule has 7 nitrogen and oxygen atoms in total. The van der Waals surface area contributed by atoms with Crippen molar-refractivity contribution in [1.82, 2.24) is 10.3 Å². The number of anilines is 1. The van der Waals surface area contributed by atoms with Gasteiger partial charge in [-0.3, -0.25) is 4.79 Å². The van der Waals surface area contributed by atoms with Crippen LogP contribution >= 0.6 is 0 Å². The Bertz CT molecular complexity index is 1010. The molecule has 2 aromatic rings. The van der Waals surface area contributed by atoms with Crippen molar-refractivity contribution in [2.45, 2.75) is 44.7 Å². The second kappa shape index (κ2) is 6.98. The van der Waals surface area contributed by atoms with Gasteiger partial charge in [0.05, 0.1) is 18.5 Å². The van der Waals surface area contributed by atoms with Crippen molar-refractivity contribution >= 4 is 17.6 Å². The lowest BCUT2D eigenvalue weighted by Gasteiger charge is -2.27. The van der Waals surface area contributed by atoms with Gasteiger partial charge in [-0.1, -0.05) is 13.0 Å². The Balaban J connectivity index is 1.55. The average Bonchev–Trinajstić information content (AvgIpc) is 3.19. The van der Waals surface area contributed by atoms with Gasteiger partial charge in [-0.15, -0.1) is 0 Å². The van der Waals surface area contributed by atoms with E-state index in [1.54, 1.807) is 6.92 Å². The number of ether oxygens (including phenoxy) is 2. The van der Waals surface area contributed by atoms with Crippen LogP contribution in [0.25, 0.3) is 0 Å². The smallest absolute Gasteiger partial charge is 0.421 e. The molecule has 158 valence electrons. The first-order valence-corrected chi connectivity index (χ1v) is 9.26. The van der Waals surface area contributed by atoms with E-state index < -0.39 is 23.9 Å². The summed E-state index contributed by atoms with van der Waals surface area (Å²) in [4.78, 5) is 29.3. The number of alkyl halides is 3. The molecule has 0 unspecified atom stereocenters. The van der Waals surface area contributed by atoms with Crippen LogP contribution in [0, 0.1) is 0 Å². The Morgan fingerprint density at radius 3 is 2.67 bits per heavy atom. The minimum absolute atomic E-state index is 0.00550. The van der Waals surface area contributed by atoms with E-state index in [9.17, 15) is 22.8 Å². The molecule has 2 aliphatic heterocycles. The molecule has 1 aromatic heterocycles. The van der Waals surface area contributed by atoms with Gasteiger partial charge in [-0.25, -0.2) is 14.7 Å². The first-order chi connectivity index (χ1) is 14.1. The number of hydrogen-bond donors (Lipinski definition) is 1. The molecule has 4 rings (SSSR count). The number of nitrogens with zero attached hydrogens (tertiary/aromatic N) is 2. The molecule has 2 aliphatic rings. The van der Waals surface area contributed by atoms with E-state index in [-0.39, 0.29) is 35.4 Å². The van der Waals surface area contributed by atoms with Crippen LogP contribution in [0.4, 0.5) is 23.7 Å². The number of carbonyl (C=O) groups excluding carboxylic acids is 2. The molecule has 3 amide bonds. The minimum Gasteiger partial charge on any atom is -0.439 e. The number of carbonyl (C=O) groups is 2. The maximum absolute atomic E-state index is 13.4. The molecule has 1 fully saturated rings. The second-order valence-electron chi connectivity index (χ2n) is 7.18. The number of imide groups is 1. The summed E-state index contributed by atoms with van der Waals surface area (Å²) in [5, 5.41) is 2.57. The first-order valence-electron chi connectivity index (χ1n) is 9.26. The summed E-state index contributed by atoms with van der Waals surface area (Å²) in [6.45, 7) is 2.63. The Hall–Kier alpha value is -3.14. The lowest BCUT2D eigenvalue weighted by Crippen LogP contribution is -2.38.